The van der Waals surface area contributed by atoms with Crippen molar-refractivity contribution in [2.75, 3.05) is 0 Å². The average Bonchev–Trinajstić information content (AvgIpc) is 1.96. The van der Waals surface area contributed by atoms with E-state index in [1.165, 1.54) is 0 Å². The smallest absolute Gasteiger partial charge is 0.167 e. The lowest BCUT2D eigenvalue weighted by atomic mass is 10.1. The lowest BCUT2D eigenvalue weighted by molar-refractivity contribution is 0.124. The molecule has 0 aliphatic heterocycles. The summed E-state index contributed by atoms with van der Waals surface area (Å²) in [7, 11) is 0. The first-order valence-corrected chi connectivity index (χ1v) is 4.34. The maximum atomic E-state index is 13.4. The summed E-state index contributed by atoms with van der Waals surface area (Å²) in [6.07, 6.45) is 0. The first-order chi connectivity index (χ1) is 5.90. The van der Waals surface area contributed by atoms with Crippen LogP contribution in [0.5, 0.6) is 5.75 Å². The minimum absolute atomic E-state index is 0.266. The molecule has 2 heteroatoms. The van der Waals surface area contributed by atoms with E-state index in [2.05, 4.69) is 0 Å². The number of aryl methyl sites for hydroxylation is 1. The highest BCUT2D eigenvalue weighted by Crippen LogP contribution is 2.23. The Labute approximate surface area is 78.5 Å². The SMILES string of the molecule is Cc1cccc(OC(C)(C)C)c1F. The summed E-state index contributed by atoms with van der Waals surface area (Å²) in [5.74, 6) is 0.0601. The Balaban J connectivity index is 2.96. The molecule has 72 valence electrons. The van der Waals surface area contributed by atoms with Crippen molar-refractivity contribution in [3.8, 4) is 5.75 Å². The summed E-state index contributed by atoms with van der Waals surface area (Å²) >= 11 is 0. The summed E-state index contributed by atoms with van der Waals surface area (Å²) in [4.78, 5) is 0. The van der Waals surface area contributed by atoms with E-state index in [1.807, 2.05) is 20.8 Å². The predicted octanol–water partition coefficient (Wildman–Crippen LogP) is 3.31. The van der Waals surface area contributed by atoms with Crippen LogP contribution in [0.3, 0.4) is 0 Å². The predicted molar refractivity (Wildman–Crippen MR) is 51.5 cm³/mol. The molecule has 0 amide bonds. The van der Waals surface area contributed by atoms with Gasteiger partial charge in [0, 0.05) is 0 Å². The van der Waals surface area contributed by atoms with Crippen molar-refractivity contribution in [2.45, 2.75) is 33.3 Å². The third-order valence-corrected chi connectivity index (χ3v) is 1.57. The van der Waals surface area contributed by atoms with Gasteiger partial charge < -0.3 is 4.74 Å². The van der Waals surface area contributed by atoms with Gasteiger partial charge >= 0.3 is 0 Å². The molecule has 1 aromatic rings. The maximum Gasteiger partial charge on any atom is 0.167 e. The summed E-state index contributed by atoms with van der Waals surface area (Å²) in [5, 5.41) is 0. The highest BCUT2D eigenvalue weighted by atomic mass is 19.1. The van der Waals surface area contributed by atoms with Crippen LogP contribution in [0.15, 0.2) is 18.2 Å². The zero-order chi connectivity index (χ0) is 10.1. The molecule has 0 heterocycles. The van der Waals surface area contributed by atoms with Gasteiger partial charge in [-0.25, -0.2) is 4.39 Å². The van der Waals surface area contributed by atoms with Gasteiger partial charge in [-0.05, 0) is 39.3 Å². The lowest BCUT2D eigenvalue weighted by Crippen LogP contribution is -2.23. The van der Waals surface area contributed by atoms with Crippen LogP contribution in [0.2, 0.25) is 0 Å². The van der Waals surface area contributed by atoms with Crippen LogP contribution in [-0.4, -0.2) is 5.60 Å². The van der Waals surface area contributed by atoms with Crippen LogP contribution < -0.4 is 4.74 Å². The molecule has 13 heavy (non-hydrogen) atoms. The molecule has 0 saturated carbocycles. The van der Waals surface area contributed by atoms with E-state index in [1.54, 1.807) is 25.1 Å². The zero-order valence-electron chi connectivity index (χ0n) is 8.52. The number of ether oxygens (including phenoxy) is 1. The Morgan fingerprint density at radius 2 is 1.85 bits per heavy atom. The normalized spacial score (nSPS) is 11.5. The third kappa shape index (κ3) is 2.72. The van der Waals surface area contributed by atoms with E-state index in [4.69, 9.17) is 4.74 Å². The molecule has 0 aliphatic carbocycles. The van der Waals surface area contributed by atoms with Gasteiger partial charge in [-0.1, -0.05) is 12.1 Å². The van der Waals surface area contributed by atoms with E-state index in [-0.39, 0.29) is 11.4 Å². The fraction of sp³-hybridized carbons (Fsp3) is 0.455. The van der Waals surface area contributed by atoms with E-state index < -0.39 is 0 Å². The van der Waals surface area contributed by atoms with Crippen LogP contribution >= 0.6 is 0 Å². The molecule has 0 bridgehead atoms. The van der Waals surface area contributed by atoms with E-state index >= 15 is 0 Å². The molecule has 0 aromatic heterocycles. The number of hydrogen-bond donors (Lipinski definition) is 0. The Hall–Kier alpha value is -1.05. The van der Waals surface area contributed by atoms with Gasteiger partial charge in [-0.3, -0.25) is 0 Å². The molecule has 0 fully saturated rings. The Kier molecular flexibility index (Phi) is 2.60. The molecule has 0 saturated heterocycles. The highest BCUT2D eigenvalue weighted by Gasteiger charge is 2.15. The van der Waals surface area contributed by atoms with Crippen molar-refractivity contribution >= 4 is 0 Å². The van der Waals surface area contributed by atoms with Gasteiger partial charge in [0.2, 0.25) is 0 Å². The van der Waals surface area contributed by atoms with Crippen LogP contribution in [0, 0.1) is 12.7 Å². The molecule has 0 unspecified atom stereocenters. The highest BCUT2D eigenvalue weighted by molar-refractivity contribution is 5.30. The maximum absolute atomic E-state index is 13.4. The van der Waals surface area contributed by atoms with Crippen molar-refractivity contribution < 1.29 is 9.13 Å². The van der Waals surface area contributed by atoms with E-state index in [9.17, 15) is 4.39 Å². The second-order valence-corrected chi connectivity index (χ2v) is 4.10. The molecular formula is C11H15FO. The zero-order valence-corrected chi connectivity index (χ0v) is 8.52. The monoisotopic (exact) mass is 182 g/mol. The van der Waals surface area contributed by atoms with Crippen molar-refractivity contribution in [3.05, 3.63) is 29.6 Å². The van der Waals surface area contributed by atoms with Crippen molar-refractivity contribution in [2.24, 2.45) is 0 Å². The first-order valence-electron chi connectivity index (χ1n) is 4.34. The van der Waals surface area contributed by atoms with Crippen molar-refractivity contribution in [1.29, 1.82) is 0 Å². The molecule has 0 atom stereocenters. The standard InChI is InChI=1S/C11H15FO/c1-8-6-5-7-9(10(8)12)13-11(2,3)4/h5-7H,1-4H3. The fourth-order valence-electron chi connectivity index (χ4n) is 1.03. The van der Waals surface area contributed by atoms with E-state index in [0.29, 0.717) is 11.3 Å². The number of rotatable bonds is 1. The summed E-state index contributed by atoms with van der Waals surface area (Å²) < 4.78 is 18.8. The summed E-state index contributed by atoms with van der Waals surface area (Å²) in [5.41, 5.74) is 0.260. The Bertz CT molecular complexity index is 299. The Morgan fingerprint density at radius 3 is 2.38 bits per heavy atom. The minimum Gasteiger partial charge on any atom is -0.485 e. The van der Waals surface area contributed by atoms with Crippen LogP contribution in [0.4, 0.5) is 4.39 Å². The second kappa shape index (κ2) is 3.36. The summed E-state index contributed by atoms with van der Waals surface area (Å²) in [6, 6.07) is 5.16. The number of benzene rings is 1. The number of halogens is 1. The van der Waals surface area contributed by atoms with Gasteiger partial charge in [0.15, 0.2) is 11.6 Å². The second-order valence-electron chi connectivity index (χ2n) is 4.10. The molecule has 1 rings (SSSR count). The molecule has 0 spiro atoms. The van der Waals surface area contributed by atoms with Gasteiger partial charge in [0.1, 0.15) is 5.60 Å². The lowest BCUT2D eigenvalue weighted by Gasteiger charge is -2.21. The van der Waals surface area contributed by atoms with Crippen molar-refractivity contribution in [1.82, 2.24) is 0 Å². The first kappa shape index (κ1) is 10.0. The quantitative estimate of drug-likeness (QED) is 0.647. The van der Waals surface area contributed by atoms with Gasteiger partial charge in [0.25, 0.3) is 0 Å². The van der Waals surface area contributed by atoms with E-state index in [0.717, 1.165) is 0 Å². The molecule has 1 nitrogen and oxygen atoms in total. The average molecular weight is 182 g/mol. The van der Waals surface area contributed by atoms with Crippen LogP contribution in [0.25, 0.3) is 0 Å². The van der Waals surface area contributed by atoms with Crippen LogP contribution in [-0.2, 0) is 0 Å². The van der Waals surface area contributed by atoms with Gasteiger partial charge in [-0.2, -0.15) is 0 Å². The fourth-order valence-corrected chi connectivity index (χ4v) is 1.03. The molecule has 1 aromatic carbocycles. The largest absolute Gasteiger partial charge is 0.485 e. The third-order valence-electron chi connectivity index (χ3n) is 1.57. The summed E-state index contributed by atoms with van der Waals surface area (Å²) in [6.45, 7) is 7.42. The molecular weight excluding hydrogens is 167 g/mol. The topological polar surface area (TPSA) is 9.23 Å². The Morgan fingerprint density at radius 1 is 1.23 bits per heavy atom. The molecule has 0 aliphatic rings. The van der Waals surface area contributed by atoms with Crippen molar-refractivity contribution in [3.63, 3.8) is 0 Å². The molecule has 0 radical (unpaired) electrons. The van der Waals surface area contributed by atoms with Crippen LogP contribution in [0.1, 0.15) is 26.3 Å². The minimum atomic E-state index is -0.353. The molecule has 0 N–H and O–H groups in total. The number of hydrogen-bond acceptors (Lipinski definition) is 1. The van der Waals surface area contributed by atoms with Gasteiger partial charge in [0.05, 0.1) is 0 Å². The van der Waals surface area contributed by atoms with Gasteiger partial charge in [-0.15, -0.1) is 0 Å².